The Morgan fingerprint density at radius 3 is 2.73 bits per heavy atom. The molecule has 4 rings (SSSR count). The molecule has 2 heterocycles. The molecule has 0 radical (unpaired) electrons. The highest BCUT2D eigenvalue weighted by molar-refractivity contribution is 5.92. The predicted octanol–water partition coefficient (Wildman–Crippen LogP) is 4.20. The van der Waals surface area contributed by atoms with Gasteiger partial charge in [-0.3, -0.25) is 4.98 Å². The van der Waals surface area contributed by atoms with E-state index in [9.17, 15) is 0 Å². The zero-order chi connectivity index (χ0) is 15.2. The Hall–Kier alpha value is -2.39. The van der Waals surface area contributed by atoms with Gasteiger partial charge in [0, 0.05) is 43.2 Å². The van der Waals surface area contributed by atoms with Gasteiger partial charge in [-0.25, -0.2) is 0 Å². The Bertz CT molecular complexity index is 845. The molecule has 22 heavy (non-hydrogen) atoms. The maximum atomic E-state index is 6.18. The van der Waals surface area contributed by atoms with Crippen LogP contribution in [0.15, 0.2) is 54.7 Å². The first-order valence-corrected chi connectivity index (χ1v) is 7.40. The molecule has 0 N–H and O–H groups in total. The molecule has 0 aliphatic carbocycles. The van der Waals surface area contributed by atoms with E-state index >= 15 is 0 Å². The number of hydrogen-bond donors (Lipinski definition) is 0. The second-order valence-electron chi connectivity index (χ2n) is 5.79. The predicted molar refractivity (Wildman–Crippen MR) is 86.9 cm³/mol. The van der Waals surface area contributed by atoms with Crippen molar-refractivity contribution in [2.45, 2.75) is 19.1 Å². The summed E-state index contributed by atoms with van der Waals surface area (Å²) in [7, 11) is 1.68. The number of pyridine rings is 1. The van der Waals surface area contributed by atoms with Gasteiger partial charge in [-0.2, -0.15) is 0 Å². The molecule has 0 spiro atoms. The summed E-state index contributed by atoms with van der Waals surface area (Å²) in [6.45, 7) is 1.97. The molecule has 0 bridgehead atoms. The van der Waals surface area contributed by atoms with Crippen LogP contribution in [0.3, 0.4) is 0 Å². The molecule has 0 amide bonds. The van der Waals surface area contributed by atoms with Gasteiger partial charge in [-0.05, 0) is 17.7 Å². The highest BCUT2D eigenvalue weighted by Gasteiger charge is 2.38. The molecule has 1 aromatic heterocycles. The second-order valence-corrected chi connectivity index (χ2v) is 5.79. The van der Waals surface area contributed by atoms with Crippen molar-refractivity contribution >= 4 is 10.9 Å². The van der Waals surface area contributed by atoms with Crippen LogP contribution in [-0.2, 0) is 11.2 Å². The zero-order valence-corrected chi connectivity index (χ0v) is 12.7. The lowest BCUT2D eigenvalue weighted by Gasteiger charge is -2.22. The Kier molecular flexibility index (Phi) is 2.91. The first-order valence-electron chi connectivity index (χ1n) is 7.40. The highest BCUT2D eigenvalue weighted by Crippen LogP contribution is 2.45. The first kappa shape index (κ1) is 13.3. The van der Waals surface area contributed by atoms with Gasteiger partial charge in [0.05, 0.1) is 5.52 Å². The molecule has 0 saturated carbocycles. The quantitative estimate of drug-likeness (QED) is 0.709. The van der Waals surface area contributed by atoms with E-state index in [1.165, 1.54) is 0 Å². The summed E-state index contributed by atoms with van der Waals surface area (Å²) in [5, 5.41) is 1.13. The number of rotatable bonds is 2. The summed E-state index contributed by atoms with van der Waals surface area (Å²) >= 11 is 0. The third-order valence-corrected chi connectivity index (χ3v) is 4.28. The second kappa shape index (κ2) is 4.82. The van der Waals surface area contributed by atoms with Crippen LogP contribution in [0.25, 0.3) is 22.0 Å². The van der Waals surface area contributed by atoms with E-state index < -0.39 is 5.79 Å². The van der Waals surface area contributed by atoms with E-state index in [4.69, 9.17) is 9.47 Å². The number of hydrogen-bond acceptors (Lipinski definition) is 3. The summed E-state index contributed by atoms with van der Waals surface area (Å²) < 4.78 is 11.7. The minimum absolute atomic E-state index is 0.627. The number of benzene rings is 2. The average Bonchev–Trinajstić information content (AvgIpc) is 2.93. The van der Waals surface area contributed by atoms with E-state index in [-0.39, 0.29) is 0 Å². The van der Waals surface area contributed by atoms with Crippen molar-refractivity contribution in [3.63, 3.8) is 0 Å². The molecule has 1 atom stereocenters. The van der Waals surface area contributed by atoms with Crippen LogP contribution in [0.5, 0.6) is 5.75 Å². The molecule has 110 valence electrons. The van der Waals surface area contributed by atoms with E-state index in [0.717, 1.165) is 33.3 Å². The number of ether oxygens (including phenoxy) is 2. The number of fused-ring (bicyclic) bond motifs is 3. The lowest BCUT2D eigenvalue weighted by Crippen LogP contribution is -2.32. The van der Waals surface area contributed by atoms with Crippen molar-refractivity contribution in [3.05, 3.63) is 60.3 Å². The third kappa shape index (κ3) is 1.97. The van der Waals surface area contributed by atoms with E-state index in [2.05, 4.69) is 29.2 Å². The van der Waals surface area contributed by atoms with Gasteiger partial charge in [0.15, 0.2) is 0 Å². The average molecular weight is 291 g/mol. The van der Waals surface area contributed by atoms with Crippen LogP contribution in [0.4, 0.5) is 0 Å². The Morgan fingerprint density at radius 1 is 1.14 bits per heavy atom. The molecule has 3 aromatic rings. The minimum Gasteiger partial charge on any atom is -0.461 e. The van der Waals surface area contributed by atoms with Crippen molar-refractivity contribution in [2.24, 2.45) is 0 Å². The monoisotopic (exact) mass is 291 g/mol. The van der Waals surface area contributed by atoms with Gasteiger partial charge >= 0.3 is 0 Å². The third-order valence-electron chi connectivity index (χ3n) is 4.28. The topological polar surface area (TPSA) is 31.4 Å². The van der Waals surface area contributed by atoms with Gasteiger partial charge in [-0.15, -0.1) is 0 Å². The SMILES string of the molecule is COC1(C)Cc2c(c(-c3ccccc3)cc3cccnc23)O1. The maximum Gasteiger partial charge on any atom is 0.211 e. The highest BCUT2D eigenvalue weighted by atomic mass is 16.7. The number of methoxy groups -OCH3 is 1. The summed E-state index contributed by atoms with van der Waals surface area (Å²) in [5.41, 5.74) is 4.36. The summed E-state index contributed by atoms with van der Waals surface area (Å²) in [4.78, 5) is 4.55. The fraction of sp³-hybridized carbons (Fsp3) is 0.211. The maximum absolute atomic E-state index is 6.18. The van der Waals surface area contributed by atoms with Crippen molar-refractivity contribution in [1.82, 2.24) is 4.98 Å². The van der Waals surface area contributed by atoms with Gasteiger partial charge in [-0.1, -0.05) is 36.4 Å². The molecule has 1 aliphatic rings. The van der Waals surface area contributed by atoms with Crippen molar-refractivity contribution < 1.29 is 9.47 Å². The molecule has 0 fully saturated rings. The molecular formula is C19H17NO2. The largest absolute Gasteiger partial charge is 0.461 e. The van der Waals surface area contributed by atoms with Crippen LogP contribution in [0, 0.1) is 0 Å². The van der Waals surface area contributed by atoms with Crippen molar-refractivity contribution in [3.8, 4) is 16.9 Å². The van der Waals surface area contributed by atoms with Crippen molar-refractivity contribution in [1.29, 1.82) is 0 Å². The molecular weight excluding hydrogens is 274 g/mol. The van der Waals surface area contributed by atoms with Crippen LogP contribution in [0.1, 0.15) is 12.5 Å². The Morgan fingerprint density at radius 2 is 1.95 bits per heavy atom. The number of nitrogens with zero attached hydrogens (tertiary/aromatic N) is 1. The Balaban J connectivity index is 2.02. The smallest absolute Gasteiger partial charge is 0.211 e. The van der Waals surface area contributed by atoms with Gasteiger partial charge in [0.2, 0.25) is 5.79 Å². The van der Waals surface area contributed by atoms with Crippen LogP contribution in [0.2, 0.25) is 0 Å². The van der Waals surface area contributed by atoms with Crippen LogP contribution >= 0.6 is 0 Å². The summed E-state index contributed by atoms with van der Waals surface area (Å²) in [5.74, 6) is 0.263. The molecule has 0 saturated heterocycles. The molecule has 1 aliphatic heterocycles. The van der Waals surface area contributed by atoms with Gasteiger partial charge in [0.1, 0.15) is 5.75 Å². The molecule has 3 heteroatoms. The number of aromatic nitrogens is 1. The first-order chi connectivity index (χ1) is 10.7. The molecule has 2 aromatic carbocycles. The fourth-order valence-electron chi connectivity index (χ4n) is 3.08. The summed E-state index contributed by atoms with van der Waals surface area (Å²) in [6.07, 6.45) is 2.53. The lowest BCUT2D eigenvalue weighted by molar-refractivity contribution is -0.133. The minimum atomic E-state index is -0.627. The van der Waals surface area contributed by atoms with Crippen LogP contribution in [-0.4, -0.2) is 17.9 Å². The van der Waals surface area contributed by atoms with Crippen molar-refractivity contribution in [2.75, 3.05) is 7.11 Å². The Labute approximate surface area is 129 Å². The van der Waals surface area contributed by atoms with E-state index in [1.54, 1.807) is 7.11 Å². The fourth-order valence-corrected chi connectivity index (χ4v) is 3.08. The van der Waals surface area contributed by atoms with E-state index in [0.29, 0.717) is 6.42 Å². The molecule has 3 nitrogen and oxygen atoms in total. The van der Waals surface area contributed by atoms with Crippen LogP contribution < -0.4 is 4.74 Å². The van der Waals surface area contributed by atoms with E-state index in [1.807, 2.05) is 37.4 Å². The lowest BCUT2D eigenvalue weighted by atomic mass is 9.96. The zero-order valence-electron chi connectivity index (χ0n) is 12.7. The standard InChI is InChI=1S/C19H17NO2/c1-19(21-2)12-16-17-14(9-6-10-20-17)11-15(18(16)22-19)13-7-4-3-5-8-13/h3-11H,12H2,1-2H3. The van der Waals surface area contributed by atoms with Gasteiger partial charge < -0.3 is 9.47 Å². The summed E-state index contributed by atoms with van der Waals surface area (Å²) in [6, 6.07) is 16.5. The van der Waals surface area contributed by atoms with Gasteiger partial charge in [0.25, 0.3) is 0 Å². The molecule has 1 unspecified atom stereocenters. The normalized spacial score (nSPS) is 19.9.